The van der Waals surface area contributed by atoms with Crippen LogP contribution in [0.2, 0.25) is 0 Å². The summed E-state index contributed by atoms with van der Waals surface area (Å²) in [4.78, 5) is 1.25. The van der Waals surface area contributed by atoms with Crippen molar-refractivity contribution in [2.45, 2.75) is 31.6 Å². The Morgan fingerprint density at radius 1 is 1.41 bits per heavy atom. The van der Waals surface area contributed by atoms with Crippen molar-refractivity contribution in [3.05, 3.63) is 23.2 Å². The number of hydrogen-bond donors (Lipinski definition) is 1. The molecule has 0 atom stereocenters. The van der Waals surface area contributed by atoms with Gasteiger partial charge in [0.05, 0.1) is 11.3 Å². The predicted octanol–water partition coefficient (Wildman–Crippen LogP) is 3.39. The van der Waals surface area contributed by atoms with Gasteiger partial charge in [0.1, 0.15) is 5.82 Å². The quantitative estimate of drug-likeness (QED) is 0.884. The Hall–Kier alpha value is -1.29. The van der Waals surface area contributed by atoms with Gasteiger partial charge in [-0.2, -0.15) is 5.10 Å². The third kappa shape index (κ3) is 1.76. The van der Waals surface area contributed by atoms with Crippen LogP contribution in [0.1, 0.15) is 37.3 Å². The highest BCUT2D eigenvalue weighted by atomic mass is 32.1. The van der Waals surface area contributed by atoms with Crippen molar-refractivity contribution >= 4 is 17.2 Å². The largest absolute Gasteiger partial charge is 0.383 e. The average Bonchev–Trinajstić information content (AvgIpc) is 3.01. The van der Waals surface area contributed by atoms with Crippen LogP contribution in [0.4, 0.5) is 5.82 Å². The number of nitrogens with two attached hydrogens (primary N) is 1. The van der Waals surface area contributed by atoms with Gasteiger partial charge in [0.15, 0.2) is 0 Å². The van der Waals surface area contributed by atoms with Gasteiger partial charge in [0.25, 0.3) is 0 Å². The highest BCUT2D eigenvalue weighted by Gasteiger charge is 2.26. The molecule has 1 fully saturated rings. The van der Waals surface area contributed by atoms with Crippen molar-refractivity contribution in [2.75, 3.05) is 5.73 Å². The van der Waals surface area contributed by atoms with Gasteiger partial charge < -0.3 is 5.73 Å². The molecule has 1 saturated carbocycles. The van der Waals surface area contributed by atoms with Crippen LogP contribution >= 0.6 is 11.3 Å². The second-order valence-electron chi connectivity index (χ2n) is 4.73. The maximum absolute atomic E-state index is 6.17. The summed E-state index contributed by atoms with van der Waals surface area (Å²) in [5.41, 5.74) is 8.56. The van der Waals surface area contributed by atoms with Crippen LogP contribution in [0.5, 0.6) is 0 Å². The molecule has 1 aliphatic carbocycles. The maximum atomic E-state index is 6.17. The van der Waals surface area contributed by atoms with Crippen LogP contribution < -0.4 is 5.73 Å². The smallest absolute Gasteiger partial charge is 0.130 e. The van der Waals surface area contributed by atoms with E-state index < -0.39 is 0 Å². The molecule has 0 aliphatic heterocycles. The van der Waals surface area contributed by atoms with Crippen LogP contribution in [0.25, 0.3) is 10.4 Å². The molecule has 1 aliphatic rings. The molecule has 0 bridgehead atoms. The summed E-state index contributed by atoms with van der Waals surface area (Å²) in [6.07, 6.45) is 5.17. The molecular weight excluding hydrogens is 230 g/mol. The van der Waals surface area contributed by atoms with E-state index in [0.717, 1.165) is 5.82 Å². The van der Waals surface area contributed by atoms with Gasteiger partial charge in [-0.15, -0.1) is 11.3 Å². The van der Waals surface area contributed by atoms with E-state index in [9.17, 15) is 0 Å². The van der Waals surface area contributed by atoms with E-state index in [0.29, 0.717) is 5.92 Å². The summed E-state index contributed by atoms with van der Waals surface area (Å²) >= 11 is 1.74. The molecule has 2 N–H and O–H groups in total. The Morgan fingerprint density at radius 2 is 2.18 bits per heavy atom. The van der Waals surface area contributed by atoms with E-state index >= 15 is 0 Å². The first-order valence-electron chi connectivity index (χ1n) is 6.13. The van der Waals surface area contributed by atoms with Crippen molar-refractivity contribution in [3.8, 4) is 10.4 Å². The van der Waals surface area contributed by atoms with E-state index in [1.165, 1.54) is 41.8 Å². The molecule has 3 rings (SSSR count). The van der Waals surface area contributed by atoms with E-state index in [1.807, 2.05) is 11.7 Å². The summed E-state index contributed by atoms with van der Waals surface area (Å²) < 4.78 is 1.82. The summed E-state index contributed by atoms with van der Waals surface area (Å²) in [6.45, 7) is 0. The van der Waals surface area contributed by atoms with E-state index in [1.54, 1.807) is 11.3 Å². The molecule has 2 heterocycles. The Balaban J connectivity index is 2.11. The monoisotopic (exact) mass is 247 g/mol. The molecule has 2 aromatic rings. The van der Waals surface area contributed by atoms with Crippen LogP contribution in [0.3, 0.4) is 0 Å². The minimum atomic E-state index is 0.607. The second kappa shape index (κ2) is 4.18. The van der Waals surface area contributed by atoms with E-state index in [4.69, 9.17) is 5.73 Å². The molecule has 0 saturated heterocycles. The van der Waals surface area contributed by atoms with Crippen LogP contribution in [-0.2, 0) is 7.05 Å². The first-order valence-corrected chi connectivity index (χ1v) is 7.01. The van der Waals surface area contributed by atoms with Crippen LogP contribution in [0, 0.1) is 0 Å². The molecule has 0 spiro atoms. The molecule has 17 heavy (non-hydrogen) atoms. The zero-order chi connectivity index (χ0) is 11.8. The summed E-state index contributed by atoms with van der Waals surface area (Å²) in [5.74, 6) is 1.41. The minimum Gasteiger partial charge on any atom is -0.383 e. The Labute approximate surface area is 105 Å². The van der Waals surface area contributed by atoms with Gasteiger partial charge in [0.2, 0.25) is 0 Å². The van der Waals surface area contributed by atoms with Crippen molar-refractivity contribution in [3.63, 3.8) is 0 Å². The fraction of sp³-hybridized carbons (Fsp3) is 0.462. The molecule has 90 valence electrons. The van der Waals surface area contributed by atoms with Gasteiger partial charge in [-0.25, -0.2) is 0 Å². The molecule has 0 unspecified atom stereocenters. The second-order valence-corrected chi connectivity index (χ2v) is 5.68. The minimum absolute atomic E-state index is 0.607. The lowest BCUT2D eigenvalue weighted by Crippen LogP contribution is -1.98. The van der Waals surface area contributed by atoms with Gasteiger partial charge in [-0.3, -0.25) is 4.68 Å². The maximum Gasteiger partial charge on any atom is 0.130 e. The molecule has 4 heteroatoms. The van der Waals surface area contributed by atoms with Crippen LogP contribution in [-0.4, -0.2) is 9.78 Å². The highest BCUT2D eigenvalue weighted by molar-refractivity contribution is 7.13. The summed E-state index contributed by atoms with van der Waals surface area (Å²) in [6, 6.07) is 4.21. The van der Waals surface area contributed by atoms with Crippen molar-refractivity contribution in [1.82, 2.24) is 9.78 Å². The fourth-order valence-corrected chi connectivity index (χ4v) is 3.50. The summed E-state index contributed by atoms with van der Waals surface area (Å²) in [5, 5.41) is 6.74. The van der Waals surface area contributed by atoms with E-state index in [-0.39, 0.29) is 0 Å². The molecule has 0 radical (unpaired) electrons. The van der Waals surface area contributed by atoms with E-state index in [2.05, 4.69) is 22.6 Å². The number of anilines is 1. The predicted molar refractivity (Wildman–Crippen MR) is 72.1 cm³/mol. The molecular formula is C13H17N3S. The first-order chi connectivity index (χ1) is 8.27. The summed E-state index contributed by atoms with van der Waals surface area (Å²) in [7, 11) is 1.94. The zero-order valence-corrected chi connectivity index (χ0v) is 10.8. The number of rotatable bonds is 2. The first kappa shape index (κ1) is 10.8. The van der Waals surface area contributed by atoms with Gasteiger partial charge >= 0.3 is 0 Å². The Morgan fingerprint density at radius 3 is 2.82 bits per heavy atom. The normalized spacial score (nSPS) is 16.8. The SMILES string of the molecule is Cn1nc(C2CCCC2)c(-c2cccs2)c1N. The number of thiophene rings is 1. The lowest BCUT2D eigenvalue weighted by molar-refractivity contribution is 0.661. The van der Waals surface area contributed by atoms with Gasteiger partial charge in [0, 0.05) is 17.8 Å². The van der Waals surface area contributed by atoms with Crippen molar-refractivity contribution < 1.29 is 0 Å². The molecule has 2 aromatic heterocycles. The highest BCUT2D eigenvalue weighted by Crippen LogP contribution is 2.42. The lowest BCUT2D eigenvalue weighted by Gasteiger charge is -2.07. The van der Waals surface area contributed by atoms with Gasteiger partial charge in [-0.1, -0.05) is 18.9 Å². The molecule has 0 aromatic carbocycles. The number of aryl methyl sites for hydroxylation is 1. The third-order valence-corrected chi connectivity index (χ3v) is 4.52. The Bertz CT molecular complexity index is 507. The Kier molecular flexibility index (Phi) is 2.67. The van der Waals surface area contributed by atoms with Crippen LogP contribution in [0.15, 0.2) is 17.5 Å². The third-order valence-electron chi connectivity index (χ3n) is 3.63. The zero-order valence-electron chi connectivity index (χ0n) is 10.0. The number of nitrogens with zero attached hydrogens (tertiary/aromatic N) is 2. The average molecular weight is 247 g/mol. The fourth-order valence-electron chi connectivity index (χ4n) is 2.72. The number of nitrogen functional groups attached to an aromatic ring is 1. The lowest BCUT2D eigenvalue weighted by atomic mass is 9.99. The number of hydrogen-bond acceptors (Lipinski definition) is 3. The molecule has 3 nitrogen and oxygen atoms in total. The number of aromatic nitrogens is 2. The molecule has 0 amide bonds. The van der Waals surface area contributed by atoms with Crippen molar-refractivity contribution in [1.29, 1.82) is 0 Å². The topological polar surface area (TPSA) is 43.8 Å². The van der Waals surface area contributed by atoms with Gasteiger partial charge in [-0.05, 0) is 24.3 Å². The van der Waals surface area contributed by atoms with Crippen molar-refractivity contribution in [2.24, 2.45) is 7.05 Å². The standard InChI is InChI=1S/C13H17N3S/c1-16-13(14)11(10-7-4-8-17-10)12(15-16)9-5-2-3-6-9/h4,7-9H,2-3,5-6,14H2,1H3.